The van der Waals surface area contributed by atoms with E-state index < -0.39 is 12.1 Å². The number of nitrogens with zero attached hydrogens (tertiary/aromatic N) is 1. The highest BCUT2D eigenvalue weighted by atomic mass is 19.4. The van der Waals surface area contributed by atoms with Crippen molar-refractivity contribution in [3.63, 3.8) is 0 Å². The van der Waals surface area contributed by atoms with Gasteiger partial charge in [-0.25, -0.2) is 5.43 Å². The van der Waals surface area contributed by atoms with Gasteiger partial charge in [-0.05, 0) is 12.8 Å². The molecule has 1 aliphatic rings. The number of amides is 2. The molecule has 0 aromatic rings. The zero-order valence-electron chi connectivity index (χ0n) is 9.30. The van der Waals surface area contributed by atoms with Gasteiger partial charge in [0, 0.05) is 26.1 Å². The molecule has 98 valence electrons. The standard InChI is InChI=1S/C9H14F3N3O2/c1-6(16)13-14-7-2-4-15(5-3-7)8(17)9(10,11)12/h7,14H,2-5H2,1H3,(H,13,16). The SMILES string of the molecule is CC(=O)NNC1CCN(C(=O)C(F)(F)F)CC1. The van der Waals surface area contributed by atoms with E-state index in [2.05, 4.69) is 10.9 Å². The Morgan fingerprint density at radius 3 is 2.18 bits per heavy atom. The second-order valence-electron chi connectivity index (χ2n) is 3.89. The topological polar surface area (TPSA) is 61.4 Å². The van der Waals surface area contributed by atoms with Gasteiger partial charge < -0.3 is 4.90 Å². The Morgan fingerprint density at radius 1 is 1.24 bits per heavy atom. The molecule has 0 unspecified atom stereocenters. The molecule has 2 N–H and O–H groups in total. The molecule has 0 aromatic carbocycles. The van der Waals surface area contributed by atoms with Crippen molar-refractivity contribution in [1.82, 2.24) is 15.8 Å². The Bertz CT molecular complexity index is 298. The largest absolute Gasteiger partial charge is 0.471 e. The van der Waals surface area contributed by atoms with Crippen LogP contribution in [-0.2, 0) is 9.59 Å². The van der Waals surface area contributed by atoms with Gasteiger partial charge in [0.15, 0.2) is 0 Å². The first-order chi connectivity index (χ1) is 7.80. The third-order valence-electron chi connectivity index (χ3n) is 2.48. The number of halogens is 3. The summed E-state index contributed by atoms with van der Waals surface area (Å²) in [7, 11) is 0. The summed E-state index contributed by atoms with van der Waals surface area (Å²) >= 11 is 0. The van der Waals surface area contributed by atoms with Crippen molar-refractivity contribution in [3.8, 4) is 0 Å². The Kier molecular flexibility index (Phi) is 4.33. The van der Waals surface area contributed by atoms with Gasteiger partial charge in [-0.2, -0.15) is 13.2 Å². The summed E-state index contributed by atoms with van der Waals surface area (Å²) < 4.78 is 36.4. The number of carbonyl (C=O) groups excluding carboxylic acids is 2. The molecule has 0 aliphatic carbocycles. The van der Waals surface area contributed by atoms with Crippen LogP contribution in [0.5, 0.6) is 0 Å². The van der Waals surface area contributed by atoms with Crippen molar-refractivity contribution >= 4 is 11.8 Å². The van der Waals surface area contributed by atoms with Crippen LogP contribution in [0.4, 0.5) is 13.2 Å². The van der Waals surface area contributed by atoms with E-state index in [0.29, 0.717) is 12.8 Å². The molecule has 1 rings (SSSR count). The fourth-order valence-corrected chi connectivity index (χ4v) is 1.61. The Morgan fingerprint density at radius 2 is 1.76 bits per heavy atom. The predicted octanol–water partition coefficient (Wildman–Crippen LogP) is 0.180. The highest BCUT2D eigenvalue weighted by molar-refractivity contribution is 5.81. The molecule has 1 fully saturated rings. The highest BCUT2D eigenvalue weighted by Crippen LogP contribution is 2.21. The van der Waals surface area contributed by atoms with Crippen molar-refractivity contribution in [3.05, 3.63) is 0 Å². The third-order valence-corrected chi connectivity index (χ3v) is 2.48. The minimum Gasteiger partial charge on any atom is -0.335 e. The summed E-state index contributed by atoms with van der Waals surface area (Å²) in [6, 6.07) is -0.101. The number of alkyl halides is 3. The number of nitrogens with one attached hydrogen (secondary N) is 2. The van der Waals surface area contributed by atoms with Crippen LogP contribution in [0.2, 0.25) is 0 Å². The summed E-state index contributed by atoms with van der Waals surface area (Å²) in [5.74, 6) is -2.06. The van der Waals surface area contributed by atoms with Crippen molar-refractivity contribution in [2.75, 3.05) is 13.1 Å². The smallest absolute Gasteiger partial charge is 0.335 e. The summed E-state index contributed by atoms with van der Waals surface area (Å²) in [5.41, 5.74) is 5.08. The van der Waals surface area contributed by atoms with E-state index in [1.165, 1.54) is 6.92 Å². The van der Waals surface area contributed by atoms with Crippen LogP contribution in [0.25, 0.3) is 0 Å². The molecule has 1 aliphatic heterocycles. The number of piperidine rings is 1. The predicted molar refractivity (Wildman–Crippen MR) is 52.6 cm³/mol. The number of rotatable bonds is 2. The second-order valence-corrected chi connectivity index (χ2v) is 3.89. The van der Waals surface area contributed by atoms with Gasteiger partial charge in [0.1, 0.15) is 0 Å². The van der Waals surface area contributed by atoms with Crippen molar-refractivity contribution in [1.29, 1.82) is 0 Å². The first-order valence-electron chi connectivity index (χ1n) is 5.19. The number of hydrogen-bond donors (Lipinski definition) is 2. The quantitative estimate of drug-likeness (QED) is 0.690. The minimum atomic E-state index is -4.81. The number of hydrazine groups is 1. The molecule has 5 nitrogen and oxygen atoms in total. The van der Waals surface area contributed by atoms with E-state index in [1.807, 2.05) is 0 Å². The Hall–Kier alpha value is -1.31. The lowest BCUT2D eigenvalue weighted by atomic mass is 10.1. The summed E-state index contributed by atoms with van der Waals surface area (Å²) in [6.45, 7) is 1.40. The fraction of sp³-hybridized carbons (Fsp3) is 0.778. The summed E-state index contributed by atoms with van der Waals surface area (Å²) in [5, 5.41) is 0. The molecule has 0 atom stereocenters. The van der Waals surface area contributed by atoms with Gasteiger partial charge in [-0.15, -0.1) is 0 Å². The molecule has 1 heterocycles. The first-order valence-corrected chi connectivity index (χ1v) is 5.19. The monoisotopic (exact) mass is 253 g/mol. The van der Waals surface area contributed by atoms with E-state index in [-0.39, 0.29) is 25.0 Å². The number of carbonyl (C=O) groups is 2. The molecule has 17 heavy (non-hydrogen) atoms. The zero-order valence-corrected chi connectivity index (χ0v) is 9.30. The van der Waals surface area contributed by atoms with E-state index in [0.717, 1.165) is 4.90 Å². The van der Waals surface area contributed by atoms with Gasteiger partial charge in [0.2, 0.25) is 5.91 Å². The van der Waals surface area contributed by atoms with Crippen LogP contribution in [0.1, 0.15) is 19.8 Å². The van der Waals surface area contributed by atoms with Gasteiger partial charge in [0.25, 0.3) is 0 Å². The normalized spacial score (nSPS) is 18.0. The van der Waals surface area contributed by atoms with Crippen LogP contribution < -0.4 is 10.9 Å². The zero-order chi connectivity index (χ0) is 13.1. The van der Waals surface area contributed by atoms with E-state index in [9.17, 15) is 22.8 Å². The van der Waals surface area contributed by atoms with Gasteiger partial charge in [0.05, 0.1) is 0 Å². The second kappa shape index (κ2) is 5.35. The summed E-state index contributed by atoms with van der Waals surface area (Å²) in [4.78, 5) is 22.3. The third kappa shape index (κ3) is 4.22. The van der Waals surface area contributed by atoms with Crippen LogP contribution >= 0.6 is 0 Å². The highest BCUT2D eigenvalue weighted by Gasteiger charge is 2.43. The average molecular weight is 253 g/mol. The molecule has 1 saturated heterocycles. The molecule has 0 spiro atoms. The van der Waals surface area contributed by atoms with Gasteiger partial charge >= 0.3 is 12.1 Å². The van der Waals surface area contributed by atoms with Crippen molar-refractivity contribution in [2.45, 2.75) is 32.0 Å². The maximum absolute atomic E-state index is 12.1. The average Bonchev–Trinajstić information content (AvgIpc) is 2.25. The molecular formula is C9H14F3N3O2. The van der Waals surface area contributed by atoms with E-state index >= 15 is 0 Å². The molecule has 0 bridgehead atoms. The van der Waals surface area contributed by atoms with Crippen molar-refractivity contribution < 1.29 is 22.8 Å². The van der Waals surface area contributed by atoms with Crippen LogP contribution in [-0.4, -0.2) is 42.0 Å². The van der Waals surface area contributed by atoms with Gasteiger partial charge in [-0.3, -0.25) is 15.0 Å². The molecule has 0 radical (unpaired) electrons. The lowest BCUT2D eigenvalue weighted by Crippen LogP contribution is -2.52. The van der Waals surface area contributed by atoms with Crippen LogP contribution in [0, 0.1) is 0 Å². The van der Waals surface area contributed by atoms with Crippen molar-refractivity contribution in [2.24, 2.45) is 0 Å². The summed E-state index contributed by atoms with van der Waals surface area (Å²) in [6.07, 6.45) is -4.05. The fourth-order valence-electron chi connectivity index (χ4n) is 1.61. The maximum Gasteiger partial charge on any atom is 0.471 e. The van der Waals surface area contributed by atoms with Gasteiger partial charge in [-0.1, -0.05) is 0 Å². The molecule has 0 aromatic heterocycles. The number of hydrogen-bond acceptors (Lipinski definition) is 3. The lowest BCUT2D eigenvalue weighted by molar-refractivity contribution is -0.186. The molecule has 0 saturated carbocycles. The van der Waals surface area contributed by atoms with E-state index in [4.69, 9.17) is 0 Å². The first kappa shape index (κ1) is 13.8. The van der Waals surface area contributed by atoms with Crippen LogP contribution in [0.15, 0.2) is 0 Å². The molecular weight excluding hydrogens is 239 g/mol. The molecule has 2 amide bonds. The minimum absolute atomic E-state index is 0.0373. The maximum atomic E-state index is 12.1. The van der Waals surface area contributed by atoms with E-state index in [1.54, 1.807) is 0 Å². The Labute approximate surface area is 96.3 Å². The lowest BCUT2D eigenvalue weighted by Gasteiger charge is -2.32. The van der Waals surface area contributed by atoms with Crippen LogP contribution in [0.3, 0.4) is 0 Å². The Balaban J connectivity index is 2.36. The number of likely N-dealkylation sites (tertiary alicyclic amines) is 1. The molecule has 8 heteroatoms.